The van der Waals surface area contributed by atoms with Crippen molar-refractivity contribution in [3.05, 3.63) is 33.8 Å². The molecule has 0 fully saturated rings. The molecule has 0 aliphatic heterocycles. The number of benzene rings is 1. The molecule has 0 spiro atoms. The zero-order chi connectivity index (χ0) is 14.4. The Balaban J connectivity index is 2.73. The molecule has 0 aliphatic carbocycles. The summed E-state index contributed by atoms with van der Waals surface area (Å²) in [5, 5.41) is 3.42. The van der Waals surface area contributed by atoms with Crippen LogP contribution in [0.25, 0.3) is 0 Å². The van der Waals surface area contributed by atoms with Crippen molar-refractivity contribution in [2.75, 3.05) is 11.9 Å². The van der Waals surface area contributed by atoms with Crippen molar-refractivity contribution in [2.24, 2.45) is 5.92 Å². The first-order chi connectivity index (χ1) is 8.99. The van der Waals surface area contributed by atoms with Crippen LogP contribution in [-0.4, -0.2) is 17.8 Å². The molecule has 106 valence electrons. The number of hydrogen-bond acceptors (Lipinski definition) is 1. The quantitative estimate of drug-likeness (QED) is 0.712. The van der Waals surface area contributed by atoms with Gasteiger partial charge in [0.05, 0.1) is 0 Å². The summed E-state index contributed by atoms with van der Waals surface area (Å²) in [6.07, 6.45) is 1.80. The van der Waals surface area contributed by atoms with Crippen molar-refractivity contribution in [3.8, 4) is 0 Å². The van der Waals surface area contributed by atoms with Crippen LogP contribution in [0, 0.1) is 17.6 Å². The number of amides is 1. The van der Waals surface area contributed by atoms with Crippen LogP contribution in [0.3, 0.4) is 0 Å². The predicted octanol–water partition coefficient (Wildman–Crippen LogP) is 4.27. The van der Waals surface area contributed by atoms with Gasteiger partial charge in [0.1, 0.15) is 17.2 Å². The number of hydrogen-bond donors (Lipinski definition) is 1. The van der Waals surface area contributed by atoms with Crippen LogP contribution >= 0.6 is 31.9 Å². The van der Waals surface area contributed by atoms with E-state index in [1.54, 1.807) is 0 Å². The molecule has 1 N–H and O–H groups in total. The largest absolute Gasteiger partial charge is 0.352 e. The normalized spacial score (nSPS) is 12.3. The standard InChI is InChI=1S/C13H15Br2F2NO/c1-2-8(3-4-14)7-18-13(19)12-10(16)5-9(15)6-11(12)17/h5-6,8H,2-4,7H2,1H3,(H,18,19). The Morgan fingerprint density at radius 2 is 1.95 bits per heavy atom. The Morgan fingerprint density at radius 1 is 1.37 bits per heavy atom. The summed E-state index contributed by atoms with van der Waals surface area (Å²) in [5.41, 5.74) is -0.531. The van der Waals surface area contributed by atoms with Gasteiger partial charge in [-0.2, -0.15) is 0 Å². The van der Waals surface area contributed by atoms with Crippen LogP contribution < -0.4 is 5.32 Å². The van der Waals surface area contributed by atoms with Crippen molar-refractivity contribution in [2.45, 2.75) is 19.8 Å². The molecule has 19 heavy (non-hydrogen) atoms. The molecule has 0 radical (unpaired) electrons. The van der Waals surface area contributed by atoms with Crippen LogP contribution in [0.2, 0.25) is 0 Å². The Morgan fingerprint density at radius 3 is 2.42 bits per heavy atom. The molecule has 0 aliphatic rings. The molecule has 0 saturated carbocycles. The van der Waals surface area contributed by atoms with Crippen LogP contribution in [-0.2, 0) is 0 Å². The van der Waals surface area contributed by atoms with E-state index in [0.29, 0.717) is 12.5 Å². The van der Waals surface area contributed by atoms with Gasteiger partial charge in [-0.25, -0.2) is 8.78 Å². The molecule has 1 unspecified atom stereocenters. The Kier molecular flexibility index (Phi) is 6.93. The average molecular weight is 399 g/mol. The fourth-order valence-corrected chi connectivity index (χ4v) is 2.74. The molecule has 2 nitrogen and oxygen atoms in total. The monoisotopic (exact) mass is 397 g/mol. The molecule has 0 heterocycles. The summed E-state index contributed by atoms with van der Waals surface area (Å²) in [4.78, 5) is 11.8. The average Bonchev–Trinajstić information content (AvgIpc) is 2.33. The second kappa shape index (κ2) is 7.94. The predicted molar refractivity (Wildman–Crippen MR) is 78.6 cm³/mol. The van der Waals surface area contributed by atoms with E-state index in [0.717, 1.165) is 30.3 Å². The molecule has 6 heteroatoms. The van der Waals surface area contributed by atoms with Crippen molar-refractivity contribution >= 4 is 37.8 Å². The van der Waals surface area contributed by atoms with E-state index in [9.17, 15) is 13.6 Å². The summed E-state index contributed by atoms with van der Waals surface area (Å²) in [6, 6.07) is 2.15. The highest BCUT2D eigenvalue weighted by atomic mass is 79.9. The maximum Gasteiger partial charge on any atom is 0.257 e. The van der Waals surface area contributed by atoms with Gasteiger partial charge in [0.2, 0.25) is 0 Å². The highest BCUT2D eigenvalue weighted by Crippen LogP contribution is 2.19. The fourth-order valence-electron chi connectivity index (χ4n) is 1.69. The molecular formula is C13H15Br2F2NO. The summed E-state index contributed by atoms with van der Waals surface area (Å²) >= 11 is 6.31. The van der Waals surface area contributed by atoms with Gasteiger partial charge in [0.15, 0.2) is 0 Å². The lowest BCUT2D eigenvalue weighted by atomic mass is 10.0. The Hall–Kier alpha value is -0.490. The van der Waals surface area contributed by atoms with Crippen LogP contribution in [0.15, 0.2) is 16.6 Å². The van der Waals surface area contributed by atoms with Gasteiger partial charge in [0, 0.05) is 16.3 Å². The van der Waals surface area contributed by atoms with Crippen molar-refractivity contribution < 1.29 is 13.6 Å². The minimum absolute atomic E-state index is 0.268. The third kappa shape index (κ3) is 4.84. The van der Waals surface area contributed by atoms with Crippen molar-refractivity contribution in [1.82, 2.24) is 5.32 Å². The smallest absolute Gasteiger partial charge is 0.257 e. The minimum Gasteiger partial charge on any atom is -0.352 e. The molecule has 1 rings (SSSR count). The molecule has 1 aromatic rings. The van der Waals surface area contributed by atoms with Crippen molar-refractivity contribution in [1.29, 1.82) is 0 Å². The van der Waals surface area contributed by atoms with E-state index >= 15 is 0 Å². The Labute approximate surface area is 128 Å². The van der Waals surface area contributed by atoms with E-state index in [1.165, 1.54) is 0 Å². The molecule has 1 atom stereocenters. The first-order valence-electron chi connectivity index (χ1n) is 5.98. The number of halogens is 4. The van der Waals surface area contributed by atoms with Gasteiger partial charge < -0.3 is 5.32 Å². The SMILES string of the molecule is CCC(CCBr)CNC(=O)c1c(F)cc(Br)cc1F. The van der Waals surface area contributed by atoms with E-state index < -0.39 is 23.1 Å². The number of alkyl halides is 1. The van der Waals surface area contributed by atoms with Gasteiger partial charge in [-0.3, -0.25) is 4.79 Å². The Bertz CT molecular complexity index is 431. The van der Waals surface area contributed by atoms with Crippen LogP contribution in [0.1, 0.15) is 30.1 Å². The van der Waals surface area contributed by atoms with Gasteiger partial charge in [0.25, 0.3) is 5.91 Å². The summed E-state index contributed by atoms with van der Waals surface area (Å²) in [6.45, 7) is 2.43. The van der Waals surface area contributed by atoms with Gasteiger partial charge >= 0.3 is 0 Å². The second-order valence-electron chi connectivity index (χ2n) is 4.21. The minimum atomic E-state index is -0.863. The lowest BCUT2D eigenvalue weighted by Crippen LogP contribution is -2.30. The zero-order valence-corrected chi connectivity index (χ0v) is 13.7. The zero-order valence-electron chi connectivity index (χ0n) is 10.5. The van der Waals surface area contributed by atoms with Crippen molar-refractivity contribution in [3.63, 3.8) is 0 Å². The lowest BCUT2D eigenvalue weighted by Gasteiger charge is -2.14. The highest BCUT2D eigenvalue weighted by molar-refractivity contribution is 9.10. The van der Waals surface area contributed by atoms with Gasteiger partial charge in [-0.15, -0.1) is 0 Å². The summed E-state index contributed by atoms with van der Waals surface area (Å²) in [7, 11) is 0. The van der Waals surface area contributed by atoms with Crippen LogP contribution in [0.5, 0.6) is 0 Å². The number of carbonyl (C=O) groups is 1. The van der Waals surface area contributed by atoms with Gasteiger partial charge in [-0.1, -0.05) is 45.2 Å². The van der Waals surface area contributed by atoms with E-state index in [4.69, 9.17) is 0 Å². The van der Waals surface area contributed by atoms with E-state index in [2.05, 4.69) is 37.2 Å². The number of rotatable bonds is 6. The third-order valence-electron chi connectivity index (χ3n) is 2.88. The molecule has 0 saturated heterocycles. The first-order valence-corrected chi connectivity index (χ1v) is 7.89. The second-order valence-corrected chi connectivity index (χ2v) is 5.92. The highest BCUT2D eigenvalue weighted by Gasteiger charge is 2.19. The summed E-state index contributed by atoms with van der Waals surface area (Å²) < 4.78 is 27.4. The van der Waals surface area contributed by atoms with Crippen LogP contribution in [0.4, 0.5) is 8.78 Å². The van der Waals surface area contributed by atoms with E-state index in [1.807, 2.05) is 6.92 Å². The fraction of sp³-hybridized carbons (Fsp3) is 0.462. The third-order valence-corrected chi connectivity index (χ3v) is 3.80. The number of nitrogens with one attached hydrogen (secondary N) is 1. The molecular weight excluding hydrogens is 384 g/mol. The number of carbonyl (C=O) groups excluding carboxylic acids is 1. The summed E-state index contributed by atoms with van der Waals surface area (Å²) in [5.74, 6) is -2.14. The molecule has 0 aromatic heterocycles. The maximum atomic E-state index is 13.6. The molecule has 1 amide bonds. The first kappa shape index (κ1) is 16.6. The van der Waals surface area contributed by atoms with Gasteiger partial charge in [-0.05, 0) is 24.5 Å². The maximum absolute atomic E-state index is 13.6. The topological polar surface area (TPSA) is 29.1 Å². The molecule has 0 bridgehead atoms. The van der Waals surface area contributed by atoms with E-state index in [-0.39, 0.29) is 4.47 Å². The lowest BCUT2D eigenvalue weighted by molar-refractivity contribution is 0.0938. The molecule has 1 aromatic carbocycles.